The Balaban J connectivity index is 1.33. The van der Waals surface area contributed by atoms with Gasteiger partial charge in [-0.15, -0.1) is 0 Å². The molecule has 7 aromatic rings. The molecule has 2 nitrogen and oxygen atoms in total. The van der Waals surface area contributed by atoms with Crippen LogP contribution in [0.5, 0.6) is 11.5 Å². The maximum Gasteiger partial charge on any atom is 0.115 e. The van der Waals surface area contributed by atoms with Crippen LogP contribution in [0.4, 0.5) is 0 Å². The molecule has 2 heteroatoms. The average Bonchev–Trinajstić information content (AvgIpc) is 3.58. The summed E-state index contributed by atoms with van der Waals surface area (Å²) in [6, 6.07) is 59.4. The zero-order chi connectivity index (χ0) is 30.9. The van der Waals surface area contributed by atoms with Crippen LogP contribution in [0.2, 0.25) is 0 Å². The van der Waals surface area contributed by atoms with Crippen molar-refractivity contribution in [3.05, 3.63) is 214 Å². The van der Waals surface area contributed by atoms with Gasteiger partial charge in [0.15, 0.2) is 0 Å². The molecule has 0 amide bonds. The van der Waals surface area contributed by atoms with Crippen molar-refractivity contribution in [2.75, 3.05) is 0 Å². The molecule has 0 saturated heterocycles. The molecule has 2 N–H and O–H groups in total. The number of fused-ring (bicyclic) bond motifs is 6. The minimum Gasteiger partial charge on any atom is -0.508 e. The highest BCUT2D eigenvalue weighted by molar-refractivity contribution is 5.88. The van der Waals surface area contributed by atoms with E-state index in [2.05, 4.69) is 146 Å². The van der Waals surface area contributed by atoms with Gasteiger partial charge in [-0.3, -0.25) is 0 Å². The van der Waals surface area contributed by atoms with E-state index in [-0.39, 0.29) is 11.5 Å². The molecule has 0 atom stereocenters. The molecule has 0 radical (unpaired) electrons. The van der Waals surface area contributed by atoms with Gasteiger partial charge in [-0.25, -0.2) is 0 Å². The molecule has 218 valence electrons. The third kappa shape index (κ3) is 3.41. The summed E-state index contributed by atoms with van der Waals surface area (Å²) in [5.41, 5.74) is 13.3. The van der Waals surface area contributed by atoms with E-state index in [1.165, 1.54) is 55.6 Å². The highest BCUT2D eigenvalue weighted by Crippen LogP contribution is 2.58. The summed E-state index contributed by atoms with van der Waals surface area (Å²) in [7, 11) is 0. The van der Waals surface area contributed by atoms with Gasteiger partial charge in [-0.05, 0) is 91.0 Å². The lowest BCUT2D eigenvalue weighted by Crippen LogP contribution is -2.30. The second kappa shape index (κ2) is 9.82. The van der Waals surface area contributed by atoms with Crippen molar-refractivity contribution in [2.45, 2.75) is 10.8 Å². The molecule has 0 unspecified atom stereocenters. The van der Waals surface area contributed by atoms with Crippen molar-refractivity contribution in [3.8, 4) is 33.8 Å². The third-order valence-electron chi connectivity index (χ3n) is 10.3. The Morgan fingerprint density at radius 2 is 0.478 bits per heavy atom. The topological polar surface area (TPSA) is 40.5 Å². The zero-order valence-corrected chi connectivity index (χ0v) is 25.1. The summed E-state index contributed by atoms with van der Waals surface area (Å²) in [4.78, 5) is 0. The quantitative estimate of drug-likeness (QED) is 0.214. The van der Waals surface area contributed by atoms with E-state index in [9.17, 15) is 10.2 Å². The van der Waals surface area contributed by atoms with Gasteiger partial charge < -0.3 is 10.2 Å². The van der Waals surface area contributed by atoms with Crippen molar-refractivity contribution in [1.82, 2.24) is 0 Å². The first-order chi connectivity index (χ1) is 22.6. The molecule has 9 rings (SSSR count). The van der Waals surface area contributed by atoms with Crippen LogP contribution in [0.25, 0.3) is 22.3 Å². The normalized spacial score (nSPS) is 14.6. The zero-order valence-electron chi connectivity index (χ0n) is 25.1. The fraction of sp³-hybridized carbons (Fsp3) is 0.0455. The number of hydrogen-bond acceptors (Lipinski definition) is 2. The molecule has 0 heterocycles. The molecule has 0 spiro atoms. The minimum absolute atomic E-state index is 0.253. The van der Waals surface area contributed by atoms with Crippen LogP contribution in [0.3, 0.4) is 0 Å². The number of aromatic hydroxyl groups is 2. The molecule has 7 aromatic carbocycles. The summed E-state index contributed by atoms with van der Waals surface area (Å²) in [5.74, 6) is 0.506. The van der Waals surface area contributed by atoms with Crippen molar-refractivity contribution in [3.63, 3.8) is 0 Å². The van der Waals surface area contributed by atoms with Crippen molar-refractivity contribution in [1.29, 1.82) is 0 Å². The number of rotatable bonds is 4. The van der Waals surface area contributed by atoms with Crippen LogP contribution in [0, 0.1) is 0 Å². The summed E-state index contributed by atoms with van der Waals surface area (Å²) < 4.78 is 0. The van der Waals surface area contributed by atoms with Crippen molar-refractivity contribution < 1.29 is 10.2 Å². The second-order valence-corrected chi connectivity index (χ2v) is 12.4. The third-order valence-corrected chi connectivity index (χ3v) is 10.3. The molecule has 2 aliphatic carbocycles. The van der Waals surface area contributed by atoms with Crippen LogP contribution >= 0.6 is 0 Å². The van der Waals surface area contributed by atoms with Gasteiger partial charge in [-0.1, -0.05) is 146 Å². The van der Waals surface area contributed by atoms with Crippen molar-refractivity contribution >= 4 is 0 Å². The summed E-state index contributed by atoms with van der Waals surface area (Å²) in [5, 5.41) is 20.6. The van der Waals surface area contributed by atoms with Gasteiger partial charge in [0, 0.05) is 0 Å². The first kappa shape index (κ1) is 26.5. The predicted octanol–water partition coefficient (Wildman–Crippen LogP) is 9.82. The smallest absolute Gasteiger partial charge is 0.115 e. The number of phenolic OH excluding ortho intramolecular Hbond substituents is 2. The molecule has 0 aliphatic heterocycles. The summed E-state index contributed by atoms with van der Waals surface area (Å²) in [6.45, 7) is 0. The van der Waals surface area contributed by atoms with E-state index < -0.39 is 10.8 Å². The standard InChI is InChI=1S/C44H30O2/c45-33-25-21-31(22-26-33)43(39-13-5-1-9-35(39)36-10-2-6-14-40(36)43)29-17-19-30(20-18-29)44(32-23-27-34(46)28-24-32)41-15-7-3-11-37(41)38-12-4-8-16-42(38)44/h1-28,45-46H. The molecular formula is C44H30O2. The fourth-order valence-electron chi connectivity index (χ4n) is 8.44. The maximum atomic E-state index is 10.3. The van der Waals surface area contributed by atoms with Gasteiger partial charge in [0.1, 0.15) is 11.5 Å². The van der Waals surface area contributed by atoms with E-state index in [0.717, 1.165) is 11.1 Å². The molecular weight excluding hydrogens is 560 g/mol. The average molecular weight is 591 g/mol. The van der Waals surface area contributed by atoms with E-state index >= 15 is 0 Å². The first-order valence-electron chi connectivity index (χ1n) is 15.7. The Kier molecular flexibility index (Phi) is 5.67. The molecule has 46 heavy (non-hydrogen) atoms. The molecule has 0 aromatic heterocycles. The maximum absolute atomic E-state index is 10.3. The van der Waals surface area contributed by atoms with Gasteiger partial charge >= 0.3 is 0 Å². The van der Waals surface area contributed by atoms with E-state index in [0.29, 0.717) is 0 Å². The van der Waals surface area contributed by atoms with Crippen LogP contribution in [-0.2, 0) is 10.8 Å². The second-order valence-electron chi connectivity index (χ2n) is 12.4. The van der Waals surface area contributed by atoms with E-state index in [4.69, 9.17) is 0 Å². The van der Waals surface area contributed by atoms with Gasteiger partial charge in [0.05, 0.1) is 10.8 Å². The lowest BCUT2D eigenvalue weighted by atomic mass is 9.65. The highest BCUT2D eigenvalue weighted by Gasteiger charge is 2.48. The van der Waals surface area contributed by atoms with Gasteiger partial charge in [0.25, 0.3) is 0 Å². The Labute approximate surface area is 268 Å². The van der Waals surface area contributed by atoms with Crippen LogP contribution in [-0.4, -0.2) is 10.2 Å². The van der Waals surface area contributed by atoms with E-state index in [1.807, 2.05) is 0 Å². The van der Waals surface area contributed by atoms with Crippen molar-refractivity contribution in [2.24, 2.45) is 0 Å². The predicted molar refractivity (Wildman–Crippen MR) is 184 cm³/mol. The number of benzene rings is 7. The van der Waals surface area contributed by atoms with Gasteiger partial charge in [-0.2, -0.15) is 0 Å². The SMILES string of the molecule is Oc1ccc(C2(c3ccc(C4(c5ccc(O)cc5)c5ccccc5-c5ccccc54)cc3)c3ccccc3-c3ccccc32)cc1. The lowest BCUT2D eigenvalue weighted by Gasteiger charge is -2.36. The molecule has 0 saturated carbocycles. The lowest BCUT2D eigenvalue weighted by molar-refractivity contribution is 0.474. The van der Waals surface area contributed by atoms with Crippen LogP contribution in [0.1, 0.15) is 44.5 Å². The van der Waals surface area contributed by atoms with Crippen LogP contribution < -0.4 is 0 Å². The highest BCUT2D eigenvalue weighted by atomic mass is 16.3. The number of phenols is 2. The minimum atomic E-state index is -0.559. The van der Waals surface area contributed by atoms with Gasteiger partial charge in [0.2, 0.25) is 0 Å². The Hall–Kier alpha value is -5.86. The Bertz CT molecular complexity index is 2010. The monoisotopic (exact) mass is 590 g/mol. The molecule has 0 bridgehead atoms. The Morgan fingerprint density at radius 3 is 0.739 bits per heavy atom. The largest absolute Gasteiger partial charge is 0.508 e. The van der Waals surface area contributed by atoms with Crippen LogP contribution in [0.15, 0.2) is 170 Å². The summed E-state index contributed by atoms with van der Waals surface area (Å²) in [6.07, 6.45) is 0. The molecule has 2 aliphatic rings. The first-order valence-corrected chi connectivity index (χ1v) is 15.7. The molecule has 0 fully saturated rings. The Morgan fingerprint density at radius 1 is 0.261 bits per heavy atom. The van der Waals surface area contributed by atoms with E-state index in [1.54, 1.807) is 24.3 Å². The number of hydrogen-bond donors (Lipinski definition) is 2. The fourth-order valence-corrected chi connectivity index (χ4v) is 8.44. The summed E-state index contributed by atoms with van der Waals surface area (Å²) >= 11 is 0.